The minimum Gasteiger partial charge on any atom is -0.279 e. The van der Waals surface area contributed by atoms with Gasteiger partial charge in [0, 0.05) is 12.6 Å². The highest BCUT2D eigenvalue weighted by Crippen LogP contribution is 2.20. The van der Waals surface area contributed by atoms with Gasteiger partial charge < -0.3 is 0 Å². The number of anilines is 1. The molecule has 20 heavy (non-hydrogen) atoms. The third kappa shape index (κ3) is 2.53. The van der Waals surface area contributed by atoms with E-state index in [1.807, 2.05) is 31.2 Å². The average molecular weight is 269 g/mol. The summed E-state index contributed by atoms with van der Waals surface area (Å²) in [6.07, 6.45) is 5.20. The minimum absolute atomic E-state index is 0.115. The van der Waals surface area contributed by atoms with E-state index in [9.17, 15) is 4.79 Å². The maximum absolute atomic E-state index is 11.9. The summed E-state index contributed by atoms with van der Waals surface area (Å²) in [6.45, 7) is 2.07. The number of hydrazine groups is 1. The van der Waals surface area contributed by atoms with Crippen LogP contribution in [0, 0.1) is 19.3 Å². The van der Waals surface area contributed by atoms with E-state index in [0.717, 1.165) is 11.1 Å². The molecule has 0 bridgehead atoms. The lowest BCUT2D eigenvalue weighted by molar-refractivity contribution is 0.757. The van der Waals surface area contributed by atoms with Crippen molar-refractivity contribution in [2.45, 2.75) is 6.92 Å². The second-order valence-corrected chi connectivity index (χ2v) is 4.34. The predicted octanol–water partition coefficient (Wildman–Crippen LogP) is 0.464. The molecule has 0 aliphatic rings. The summed E-state index contributed by atoms with van der Waals surface area (Å²) >= 11 is 0. The first-order valence-electron chi connectivity index (χ1n) is 6.01. The van der Waals surface area contributed by atoms with Crippen LogP contribution in [0.15, 0.2) is 29.1 Å². The van der Waals surface area contributed by atoms with E-state index < -0.39 is 5.69 Å². The zero-order valence-corrected chi connectivity index (χ0v) is 11.4. The van der Waals surface area contributed by atoms with Crippen molar-refractivity contribution in [3.63, 3.8) is 0 Å². The van der Waals surface area contributed by atoms with Crippen LogP contribution in [-0.2, 0) is 7.05 Å². The SMILES string of the molecule is C#CCN(N)c1nc(-c2ccccc2C)n(C)c(=O)n1. The molecule has 0 unspecified atom stereocenters. The smallest absolute Gasteiger partial charge is 0.279 e. The number of benzene rings is 1. The van der Waals surface area contributed by atoms with Crippen molar-refractivity contribution >= 4 is 5.95 Å². The van der Waals surface area contributed by atoms with Crippen molar-refractivity contribution in [3.05, 3.63) is 40.3 Å². The first-order chi connectivity index (χ1) is 9.54. The molecular formula is C14H15N5O. The van der Waals surface area contributed by atoms with Crippen LogP contribution in [0.2, 0.25) is 0 Å². The molecule has 0 atom stereocenters. The van der Waals surface area contributed by atoms with Gasteiger partial charge >= 0.3 is 5.69 Å². The third-order valence-corrected chi connectivity index (χ3v) is 2.91. The number of aryl methyl sites for hydroxylation is 1. The fourth-order valence-electron chi connectivity index (χ4n) is 1.81. The molecule has 0 saturated heterocycles. The van der Waals surface area contributed by atoms with Crippen LogP contribution in [0.1, 0.15) is 5.56 Å². The molecule has 0 saturated carbocycles. The molecule has 2 aromatic rings. The average Bonchev–Trinajstić information content (AvgIpc) is 2.43. The molecular weight excluding hydrogens is 254 g/mol. The third-order valence-electron chi connectivity index (χ3n) is 2.91. The number of aromatic nitrogens is 3. The number of nitrogens with zero attached hydrogens (tertiary/aromatic N) is 4. The first kappa shape index (κ1) is 13.8. The van der Waals surface area contributed by atoms with E-state index >= 15 is 0 Å². The van der Waals surface area contributed by atoms with Crippen molar-refractivity contribution < 1.29 is 0 Å². The lowest BCUT2D eigenvalue weighted by atomic mass is 10.1. The van der Waals surface area contributed by atoms with Crippen LogP contribution in [0.5, 0.6) is 0 Å². The van der Waals surface area contributed by atoms with Gasteiger partial charge in [-0.25, -0.2) is 10.6 Å². The summed E-state index contributed by atoms with van der Waals surface area (Å²) in [5.74, 6) is 8.73. The van der Waals surface area contributed by atoms with Gasteiger partial charge in [0.25, 0.3) is 0 Å². The Morgan fingerprint density at radius 1 is 1.40 bits per heavy atom. The zero-order chi connectivity index (χ0) is 14.7. The molecule has 1 heterocycles. The second-order valence-electron chi connectivity index (χ2n) is 4.34. The molecule has 102 valence electrons. The van der Waals surface area contributed by atoms with E-state index in [1.54, 1.807) is 7.05 Å². The second kappa shape index (κ2) is 5.55. The highest BCUT2D eigenvalue weighted by atomic mass is 16.1. The van der Waals surface area contributed by atoms with Gasteiger partial charge in [0.05, 0.1) is 6.54 Å². The van der Waals surface area contributed by atoms with Crippen LogP contribution in [0.25, 0.3) is 11.4 Å². The molecule has 0 spiro atoms. The molecule has 0 amide bonds. The molecule has 0 radical (unpaired) electrons. The van der Waals surface area contributed by atoms with Crippen LogP contribution >= 0.6 is 0 Å². The number of nitrogens with two attached hydrogens (primary N) is 1. The highest BCUT2D eigenvalue weighted by Gasteiger charge is 2.13. The normalized spacial score (nSPS) is 10.1. The standard InChI is InChI=1S/C14H15N5O/c1-4-9-19(15)13-16-12(18(3)14(20)17-13)11-8-6-5-7-10(11)2/h1,5-8H,9,15H2,2-3H3. The van der Waals surface area contributed by atoms with Gasteiger partial charge in [0.2, 0.25) is 5.95 Å². The van der Waals surface area contributed by atoms with Gasteiger partial charge in [0.1, 0.15) is 5.82 Å². The lowest BCUT2D eigenvalue weighted by Crippen LogP contribution is -2.36. The summed E-state index contributed by atoms with van der Waals surface area (Å²) in [5, 5.41) is 1.17. The molecule has 1 aromatic heterocycles. The first-order valence-corrected chi connectivity index (χ1v) is 6.01. The molecule has 1 aromatic carbocycles. The van der Waals surface area contributed by atoms with Gasteiger partial charge in [-0.15, -0.1) is 6.42 Å². The van der Waals surface area contributed by atoms with E-state index in [0.29, 0.717) is 5.82 Å². The van der Waals surface area contributed by atoms with Crippen molar-refractivity contribution in [2.24, 2.45) is 12.9 Å². The van der Waals surface area contributed by atoms with E-state index in [-0.39, 0.29) is 12.5 Å². The van der Waals surface area contributed by atoms with E-state index in [2.05, 4.69) is 15.9 Å². The number of hydrogen-bond donors (Lipinski definition) is 1. The predicted molar refractivity (Wildman–Crippen MR) is 77.8 cm³/mol. The van der Waals surface area contributed by atoms with E-state index in [4.69, 9.17) is 12.3 Å². The Balaban J connectivity index is 2.62. The fourth-order valence-corrected chi connectivity index (χ4v) is 1.81. The van der Waals surface area contributed by atoms with Crippen molar-refractivity contribution in [2.75, 3.05) is 11.6 Å². The Labute approximate surface area is 116 Å². The molecule has 6 nitrogen and oxygen atoms in total. The number of terminal acetylenes is 1. The summed E-state index contributed by atoms with van der Waals surface area (Å²) in [7, 11) is 1.62. The zero-order valence-electron chi connectivity index (χ0n) is 11.4. The van der Waals surface area contributed by atoms with Gasteiger partial charge in [-0.2, -0.15) is 9.97 Å². The Morgan fingerprint density at radius 2 is 2.10 bits per heavy atom. The molecule has 0 aliphatic heterocycles. The van der Waals surface area contributed by atoms with Crippen LogP contribution < -0.4 is 16.5 Å². The Morgan fingerprint density at radius 3 is 2.75 bits per heavy atom. The largest absolute Gasteiger partial charge is 0.352 e. The summed E-state index contributed by atoms with van der Waals surface area (Å²) in [5.41, 5.74) is 1.43. The Hall–Kier alpha value is -2.65. The van der Waals surface area contributed by atoms with Gasteiger partial charge in [-0.3, -0.25) is 9.58 Å². The Bertz CT molecular complexity index is 729. The van der Waals surface area contributed by atoms with Gasteiger partial charge in [-0.05, 0) is 12.5 Å². The topological polar surface area (TPSA) is 77.0 Å². The molecule has 0 aliphatic carbocycles. The molecule has 6 heteroatoms. The summed E-state index contributed by atoms with van der Waals surface area (Å²) in [4.78, 5) is 20.1. The summed E-state index contributed by atoms with van der Waals surface area (Å²) < 4.78 is 1.38. The lowest BCUT2D eigenvalue weighted by Gasteiger charge is -2.16. The number of hydrogen-bond acceptors (Lipinski definition) is 5. The van der Waals surface area contributed by atoms with E-state index in [1.165, 1.54) is 9.58 Å². The van der Waals surface area contributed by atoms with Crippen molar-refractivity contribution in [1.82, 2.24) is 14.5 Å². The quantitative estimate of drug-likeness (QED) is 0.498. The minimum atomic E-state index is -0.430. The van der Waals surface area contributed by atoms with Crippen molar-refractivity contribution in [1.29, 1.82) is 0 Å². The van der Waals surface area contributed by atoms with Crippen molar-refractivity contribution in [3.8, 4) is 23.7 Å². The molecule has 2 N–H and O–H groups in total. The van der Waals surface area contributed by atoms with Crippen LogP contribution in [-0.4, -0.2) is 21.1 Å². The van der Waals surface area contributed by atoms with Gasteiger partial charge in [-0.1, -0.05) is 30.2 Å². The number of rotatable bonds is 3. The maximum Gasteiger partial charge on any atom is 0.352 e. The molecule has 2 rings (SSSR count). The molecule has 0 fully saturated rings. The Kier molecular flexibility index (Phi) is 3.82. The van der Waals surface area contributed by atoms with Gasteiger partial charge in [0.15, 0.2) is 0 Å². The van der Waals surface area contributed by atoms with Crippen LogP contribution in [0.4, 0.5) is 5.95 Å². The fraction of sp³-hybridized carbons (Fsp3) is 0.214. The van der Waals surface area contributed by atoms with Crippen LogP contribution in [0.3, 0.4) is 0 Å². The maximum atomic E-state index is 11.9. The monoisotopic (exact) mass is 269 g/mol. The highest BCUT2D eigenvalue weighted by molar-refractivity contribution is 5.61. The summed E-state index contributed by atoms with van der Waals surface area (Å²) in [6, 6.07) is 7.65.